The third-order valence-electron chi connectivity index (χ3n) is 6.22. The molecule has 1 aromatic rings. The number of hydrogen-bond donors (Lipinski definition) is 2. The molecule has 5 nitrogen and oxygen atoms in total. The Bertz CT molecular complexity index is 599. The van der Waals surface area contributed by atoms with Crippen LogP contribution >= 0.6 is 0 Å². The highest BCUT2D eigenvalue weighted by molar-refractivity contribution is 5.78. The second kappa shape index (κ2) is 11.7. The Morgan fingerprint density at radius 3 is 2.38 bits per heavy atom. The number of nitrogens with one attached hydrogen (secondary N) is 1. The van der Waals surface area contributed by atoms with Gasteiger partial charge in [-0.1, -0.05) is 51.1 Å². The molecule has 0 radical (unpaired) electrons. The molecule has 2 atom stereocenters. The predicted octanol–water partition coefficient (Wildman–Crippen LogP) is 3.87. The third-order valence-corrected chi connectivity index (χ3v) is 6.22. The van der Waals surface area contributed by atoms with Crippen molar-refractivity contribution in [1.82, 2.24) is 5.32 Å². The molecular formula is C24H40N2O3. The lowest BCUT2D eigenvalue weighted by molar-refractivity contribution is -0.140. The van der Waals surface area contributed by atoms with Gasteiger partial charge in [-0.05, 0) is 56.6 Å². The van der Waals surface area contributed by atoms with Crippen molar-refractivity contribution in [1.29, 1.82) is 0 Å². The van der Waals surface area contributed by atoms with E-state index in [0.717, 1.165) is 19.3 Å². The van der Waals surface area contributed by atoms with Gasteiger partial charge >= 0.3 is 0 Å². The molecule has 1 heterocycles. The first-order chi connectivity index (χ1) is 14.0. The Balaban J connectivity index is 0.00000145. The standard InChI is InChI=1S/C23H35NO3.CH5N/c1-17(2)13-23(16-26-15-22(25)24-23)18(3)14-27-21-11-9-20(10-12-21)19-7-5-4-6-8-19;1-2/h4-8,17-18,20-21H,9-16H2,1-3H3,(H,24,25);2H2,1H3. The molecule has 1 amide bonds. The maximum atomic E-state index is 12.0. The minimum Gasteiger partial charge on any atom is -0.378 e. The molecule has 0 aromatic heterocycles. The average molecular weight is 405 g/mol. The highest BCUT2D eigenvalue weighted by Crippen LogP contribution is 2.35. The van der Waals surface area contributed by atoms with Gasteiger partial charge in [0.1, 0.15) is 6.61 Å². The Morgan fingerprint density at radius 1 is 1.14 bits per heavy atom. The van der Waals surface area contributed by atoms with Crippen LogP contribution in [0, 0.1) is 11.8 Å². The van der Waals surface area contributed by atoms with Crippen LogP contribution in [0.2, 0.25) is 0 Å². The molecule has 1 saturated carbocycles. The lowest BCUT2D eigenvalue weighted by atomic mass is 9.78. The molecule has 1 aromatic carbocycles. The van der Waals surface area contributed by atoms with E-state index >= 15 is 0 Å². The summed E-state index contributed by atoms with van der Waals surface area (Å²) in [4.78, 5) is 12.0. The molecule has 164 valence electrons. The fraction of sp³-hybridized carbons (Fsp3) is 0.708. The van der Waals surface area contributed by atoms with Gasteiger partial charge in [-0.3, -0.25) is 4.79 Å². The third kappa shape index (κ3) is 6.80. The van der Waals surface area contributed by atoms with E-state index < -0.39 is 0 Å². The van der Waals surface area contributed by atoms with Crippen LogP contribution in [0.25, 0.3) is 0 Å². The first kappa shape index (κ1) is 23.8. The van der Waals surface area contributed by atoms with Gasteiger partial charge in [0.05, 0.1) is 24.9 Å². The Hall–Kier alpha value is -1.43. The summed E-state index contributed by atoms with van der Waals surface area (Å²) < 4.78 is 11.9. The summed E-state index contributed by atoms with van der Waals surface area (Å²) >= 11 is 0. The average Bonchev–Trinajstić information content (AvgIpc) is 2.74. The summed E-state index contributed by atoms with van der Waals surface area (Å²) in [6, 6.07) is 10.8. The fourth-order valence-electron chi connectivity index (χ4n) is 4.71. The maximum Gasteiger partial charge on any atom is 0.246 e. The summed E-state index contributed by atoms with van der Waals surface area (Å²) in [7, 11) is 1.50. The molecule has 3 rings (SSSR count). The maximum absolute atomic E-state index is 12.0. The zero-order valence-corrected chi connectivity index (χ0v) is 18.7. The highest BCUT2D eigenvalue weighted by atomic mass is 16.5. The lowest BCUT2D eigenvalue weighted by Gasteiger charge is -2.44. The molecule has 1 saturated heterocycles. The predicted molar refractivity (Wildman–Crippen MR) is 118 cm³/mol. The molecule has 0 spiro atoms. The van der Waals surface area contributed by atoms with Gasteiger partial charge in [-0.25, -0.2) is 0 Å². The molecule has 2 fully saturated rings. The van der Waals surface area contributed by atoms with Crippen molar-refractivity contribution in [3.05, 3.63) is 35.9 Å². The number of rotatable bonds is 7. The molecule has 1 aliphatic heterocycles. The zero-order chi connectivity index (χ0) is 21.3. The van der Waals surface area contributed by atoms with Gasteiger partial charge < -0.3 is 20.5 Å². The number of carbonyl (C=O) groups is 1. The molecule has 2 aliphatic rings. The number of hydrogen-bond acceptors (Lipinski definition) is 4. The van der Waals surface area contributed by atoms with Crippen LogP contribution in [0.5, 0.6) is 0 Å². The molecule has 2 unspecified atom stereocenters. The van der Waals surface area contributed by atoms with Gasteiger partial charge in [0.2, 0.25) is 5.91 Å². The topological polar surface area (TPSA) is 73.6 Å². The molecule has 29 heavy (non-hydrogen) atoms. The summed E-state index contributed by atoms with van der Waals surface area (Å²) in [6.07, 6.45) is 5.88. The van der Waals surface area contributed by atoms with Crippen molar-refractivity contribution in [2.24, 2.45) is 17.6 Å². The van der Waals surface area contributed by atoms with Crippen molar-refractivity contribution in [2.75, 3.05) is 26.9 Å². The second-order valence-corrected chi connectivity index (χ2v) is 8.91. The number of morpholine rings is 1. The van der Waals surface area contributed by atoms with Crippen molar-refractivity contribution in [3.8, 4) is 0 Å². The quantitative estimate of drug-likeness (QED) is 0.723. The van der Waals surface area contributed by atoms with E-state index in [1.165, 1.54) is 25.5 Å². The summed E-state index contributed by atoms with van der Waals surface area (Å²) in [5, 5.41) is 3.23. The van der Waals surface area contributed by atoms with E-state index in [0.29, 0.717) is 31.2 Å². The zero-order valence-electron chi connectivity index (χ0n) is 18.7. The lowest BCUT2D eigenvalue weighted by Crippen LogP contribution is -2.62. The number of benzene rings is 1. The van der Waals surface area contributed by atoms with Crippen LogP contribution in [0.3, 0.4) is 0 Å². The summed E-state index contributed by atoms with van der Waals surface area (Å²) in [6.45, 7) is 8.02. The van der Waals surface area contributed by atoms with Crippen LogP contribution in [0.1, 0.15) is 64.4 Å². The summed E-state index contributed by atoms with van der Waals surface area (Å²) in [5.41, 5.74) is 5.66. The van der Waals surface area contributed by atoms with Crippen LogP contribution < -0.4 is 11.1 Å². The number of amides is 1. The van der Waals surface area contributed by atoms with E-state index in [9.17, 15) is 4.79 Å². The molecule has 1 aliphatic carbocycles. The van der Waals surface area contributed by atoms with Gasteiger partial charge in [-0.2, -0.15) is 0 Å². The van der Waals surface area contributed by atoms with Crippen molar-refractivity contribution in [3.63, 3.8) is 0 Å². The molecular weight excluding hydrogens is 364 g/mol. The van der Waals surface area contributed by atoms with Crippen LogP contribution in [-0.4, -0.2) is 44.4 Å². The Morgan fingerprint density at radius 2 is 1.79 bits per heavy atom. The SMILES string of the molecule is CC(C)CC1(C(C)COC2CCC(c3ccccc3)CC2)COCC(=O)N1.CN. The van der Waals surface area contributed by atoms with Gasteiger partial charge in [0.25, 0.3) is 0 Å². The Kier molecular flexibility index (Phi) is 9.60. The largest absolute Gasteiger partial charge is 0.378 e. The van der Waals surface area contributed by atoms with E-state index in [2.05, 4.69) is 62.2 Å². The molecule has 5 heteroatoms. The second-order valence-electron chi connectivity index (χ2n) is 8.91. The number of ether oxygens (including phenoxy) is 2. The van der Waals surface area contributed by atoms with Crippen molar-refractivity contribution < 1.29 is 14.3 Å². The number of carbonyl (C=O) groups excluding carboxylic acids is 1. The van der Waals surface area contributed by atoms with E-state index in [1.807, 2.05) is 0 Å². The number of nitrogens with two attached hydrogens (primary N) is 1. The summed E-state index contributed by atoms with van der Waals surface area (Å²) in [5.74, 6) is 1.39. The van der Waals surface area contributed by atoms with Gasteiger partial charge in [0, 0.05) is 5.92 Å². The minimum absolute atomic E-state index is 0.00267. The first-order valence-corrected chi connectivity index (χ1v) is 11.1. The van der Waals surface area contributed by atoms with Crippen molar-refractivity contribution in [2.45, 2.75) is 70.4 Å². The molecule has 3 N–H and O–H groups in total. The monoisotopic (exact) mass is 404 g/mol. The van der Waals surface area contributed by atoms with E-state index in [-0.39, 0.29) is 24.0 Å². The first-order valence-electron chi connectivity index (χ1n) is 11.1. The van der Waals surface area contributed by atoms with E-state index in [1.54, 1.807) is 0 Å². The van der Waals surface area contributed by atoms with Gasteiger partial charge in [0.15, 0.2) is 0 Å². The van der Waals surface area contributed by atoms with Crippen molar-refractivity contribution >= 4 is 5.91 Å². The van der Waals surface area contributed by atoms with Gasteiger partial charge in [-0.15, -0.1) is 0 Å². The van der Waals surface area contributed by atoms with Crippen LogP contribution in [0.4, 0.5) is 0 Å². The highest BCUT2D eigenvalue weighted by Gasteiger charge is 2.41. The molecule has 0 bridgehead atoms. The van der Waals surface area contributed by atoms with E-state index in [4.69, 9.17) is 9.47 Å². The Labute approximate surface area is 176 Å². The van der Waals surface area contributed by atoms with Crippen LogP contribution in [0.15, 0.2) is 30.3 Å². The smallest absolute Gasteiger partial charge is 0.246 e. The minimum atomic E-state index is -0.301. The van der Waals surface area contributed by atoms with Crippen LogP contribution in [-0.2, 0) is 14.3 Å². The fourth-order valence-corrected chi connectivity index (χ4v) is 4.71. The normalized spacial score (nSPS) is 28.3.